The molecule has 5 nitrogen and oxygen atoms in total. The van der Waals surface area contributed by atoms with E-state index in [1.54, 1.807) is 24.3 Å². The molecule has 0 saturated heterocycles. The van der Waals surface area contributed by atoms with E-state index >= 15 is 0 Å². The number of ether oxygens (including phenoxy) is 1. The Morgan fingerprint density at radius 2 is 1.86 bits per heavy atom. The van der Waals surface area contributed by atoms with Crippen molar-refractivity contribution in [2.24, 2.45) is 5.92 Å². The Bertz CT molecular complexity index is 819. The number of nitrogens with one attached hydrogen (secondary N) is 1. The Labute approximate surface area is 174 Å². The number of amides is 2. The van der Waals surface area contributed by atoms with Gasteiger partial charge in [0.15, 0.2) is 6.61 Å². The minimum Gasteiger partial charge on any atom is -0.483 e. The van der Waals surface area contributed by atoms with E-state index < -0.39 is 0 Å². The number of carbonyl (C=O) groups is 2. The quantitative estimate of drug-likeness (QED) is 0.607. The van der Waals surface area contributed by atoms with Crippen LogP contribution in [0.3, 0.4) is 0 Å². The van der Waals surface area contributed by atoms with E-state index in [1.165, 1.54) is 12.8 Å². The molecule has 0 radical (unpaired) electrons. The molecule has 28 heavy (non-hydrogen) atoms. The van der Waals surface area contributed by atoms with Gasteiger partial charge in [0, 0.05) is 23.2 Å². The lowest BCUT2D eigenvalue weighted by molar-refractivity contribution is -0.118. The van der Waals surface area contributed by atoms with Gasteiger partial charge in [0.25, 0.3) is 11.8 Å². The van der Waals surface area contributed by atoms with E-state index in [2.05, 4.69) is 28.2 Å². The number of anilines is 1. The van der Waals surface area contributed by atoms with Gasteiger partial charge in [-0.05, 0) is 61.6 Å². The van der Waals surface area contributed by atoms with Crippen molar-refractivity contribution in [3.8, 4) is 5.75 Å². The molecule has 0 bridgehead atoms. The Kier molecular flexibility index (Phi) is 7.09. The molecule has 0 aromatic heterocycles. The fourth-order valence-corrected chi connectivity index (χ4v) is 3.24. The van der Waals surface area contributed by atoms with Gasteiger partial charge in [0.05, 0.1) is 5.56 Å². The van der Waals surface area contributed by atoms with Crippen LogP contribution in [0.2, 0.25) is 0 Å². The van der Waals surface area contributed by atoms with E-state index in [9.17, 15) is 9.59 Å². The highest BCUT2D eigenvalue weighted by atomic mass is 79.9. The molecule has 2 aromatic carbocycles. The molecule has 1 saturated carbocycles. The number of carbonyl (C=O) groups excluding carboxylic acids is 2. The summed E-state index contributed by atoms with van der Waals surface area (Å²) < 4.78 is 6.64. The van der Waals surface area contributed by atoms with Gasteiger partial charge in [-0.15, -0.1) is 0 Å². The second kappa shape index (κ2) is 9.73. The Morgan fingerprint density at radius 1 is 1.14 bits per heavy atom. The normalized spacial score (nSPS) is 13.1. The molecule has 1 aliphatic rings. The van der Waals surface area contributed by atoms with Crippen molar-refractivity contribution in [3.05, 3.63) is 58.6 Å². The summed E-state index contributed by atoms with van der Waals surface area (Å²) >= 11 is 3.36. The SMILES string of the molecule is CCCN(CC1CC1)C(=O)c1ccccc1OCC(=O)Nc1ccc(Br)cc1. The van der Waals surface area contributed by atoms with Crippen molar-refractivity contribution in [2.75, 3.05) is 25.0 Å². The van der Waals surface area contributed by atoms with Crippen LogP contribution in [0.25, 0.3) is 0 Å². The van der Waals surface area contributed by atoms with Gasteiger partial charge in [-0.2, -0.15) is 0 Å². The second-order valence-corrected chi connectivity index (χ2v) is 7.95. The fraction of sp³-hybridized carbons (Fsp3) is 0.364. The van der Waals surface area contributed by atoms with E-state index in [0.29, 0.717) is 22.9 Å². The van der Waals surface area contributed by atoms with Crippen LogP contribution in [0.1, 0.15) is 36.5 Å². The highest BCUT2D eigenvalue weighted by molar-refractivity contribution is 9.10. The van der Waals surface area contributed by atoms with Crippen LogP contribution < -0.4 is 10.1 Å². The monoisotopic (exact) mass is 444 g/mol. The number of rotatable bonds is 9. The summed E-state index contributed by atoms with van der Waals surface area (Å²) in [5.41, 5.74) is 1.20. The summed E-state index contributed by atoms with van der Waals surface area (Å²) in [6.45, 7) is 3.44. The summed E-state index contributed by atoms with van der Waals surface area (Å²) in [7, 11) is 0. The predicted molar refractivity (Wildman–Crippen MR) is 114 cm³/mol. The van der Waals surface area contributed by atoms with E-state index in [4.69, 9.17) is 4.74 Å². The summed E-state index contributed by atoms with van der Waals surface area (Å²) in [4.78, 5) is 27.1. The van der Waals surface area contributed by atoms with Gasteiger partial charge in [-0.3, -0.25) is 9.59 Å². The Morgan fingerprint density at radius 3 is 2.54 bits per heavy atom. The number of nitrogens with zero attached hydrogens (tertiary/aromatic N) is 1. The lowest BCUT2D eigenvalue weighted by atomic mass is 10.1. The average Bonchev–Trinajstić information content (AvgIpc) is 3.52. The zero-order valence-corrected chi connectivity index (χ0v) is 17.6. The van der Waals surface area contributed by atoms with E-state index in [-0.39, 0.29) is 18.4 Å². The molecule has 0 atom stereocenters. The summed E-state index contributed by atoms with van der Waals surface area (Å²) in [6.07, 6.45) is 3.31. The first-order chi connectivity index (χ1) is 13.6. The molecule has 2 amide bonds. The van der Waals surface area contributed by atoms with Crippen molar-refractivity contribution in [1.29, 1.82) is 0 Å². The van der Waals surface area contributed by atoms with E-state index in [1.807, 2.05) is 29.2 Å². The Hall–Kier alpha value is -2.34. The predicted octanol–water partition coefficient (Wildman–Crippen LogP) is 4.73. The summed E-state index contributed by atoms with van der Waals surface area (Å²) in [6, 6.07) is 14.5. The zero-order valence-electron chi connectivity index (χ0n) is 16.0. The van der Waals surface area contributed by atoms with Crippen LogP contribution >= 0.6 is 15.9 Å². The molecule has 1 fully saturated rings. The van der Waals surface area contributed by atoms with Crippen LogP contribution in [0.4, 0.5) is 5.69 Å². The van der Waals surface area contributed by atoms with Crippen molar-refractivity contribution >= 4 is 33.4 Å². The first-order valence-electron chi connectivity index (χ1n) is 9.63. The number of para-hydroxylation sites is 1. The van der Waals surface area contributed by atoms with Gasteiger partial charge in [-0.1, -0.05) is 35.0 Å². The Balaban J connectivity index is 1.63. The highest BCUT2D eigenvalue weighted by Gasteiger charge is 2.28. The van der Waals surface area contributed by atoms with Crippen molar-refractivity contribution in [3.63, 3.8) is 0 Å². The first kappa shape index (κ1) is 20.4. The van der Waals surface area contributed by atoms with Crippen molar-refractivity contribution < 1.29 is 14.3 Å². The smallest absolute Gasteiger partial charge is 0.262 e. The lowest BCUT2D eigenvalue weighted by Crippen LogP contribution is -2.34. The molecule has 148 valence electrons. The van der Waals surface area contributed by atoms with Crippen LogP contribution in [-0.2, 0) is 4.79 Å². The molecule has 0 aliphatic heterocycles. The van der Waals surface area contributed by atoms with Gasteiger partial charge in [-0.25, -0.2) is 0 Å². The van der Waals surface area contributed by atoms with Crippen LogP contribution in [0, 0.1) is 5.92 Å². The zero-order chi connectivity index (χ0) is 19.9. The van der Waals surface area contributed by atoms with Gasteiger partial charge < -0.3 is 15.0 Å². The van der Waals surface area contributed by atoms with Crippen molar-refractivity contribution in [2.45, 2.75) is 26.2 Å². The number of halogens is 1. The van der Waals surface area contributed by atoms with Crippen LogP contribution in [-0.4, -0.2) is 36.4 Å². The molecule has 2 aromatic rings. The van der Waals surface area contributed by atoms with E-state index in [0.717, 1.165) is 24.0 Å². The maximum absolute atomic E-state index is 13.0. The average molecular weight is 445 g/mol. The lowest BCUT2D eigenvalue weighted by Gasteiger charge is -2.23. The maximum atomic E-state index is 13.0. The molecule has 6 heteroatoms. The topological polar surface area (TPSA) is 58.6 Å². The second-order valence-electron chi connectivity index (χ2n) is 7.03. The van der Waals surface area contributed by atoms with Gasteiger partial charge >= 0.3 is 0 Å². The minimum atomic E-state index is -0.270. The molecule has 1 aliphatic carbocycles. The third-order valence-corrected chi connectivity index (χ3v) is 5.09. The largest absolute Gasteiger partial charge is 0.483 e. The highest BCUT2D eigenvalue weighted by Crippen LogP contribution is 2.31. The number of benzene rings is 2. The van der Waals surface area contributed by atoms with Gasteiger partial charge in [0.2, 0.25) is 0 Å². The molecule has 0 unspecified atom stereocenters. The van der Waals surface area contributed by atoms with Crippen LogP contribution in [0.5, 0.6) is 5.75 Å². The maximum Gasteiger partial charge on any atom is 0.262 e. The molecule has 1 N–H and O–H groups in total. The first-order valence-corrected chi connectivity index (χ1v) is 10.4. The molecular formula is C22H25BrN2O3. The summed E-state index contributed by atoms with van der Waals surface area (Å²) in [5, 5.41) is 2.79. The third-order valence-electron chi connectivity index (χ3n) is 4.56. The summed E-state index contributed by atoms with van der Waals surface area (Å²) in [5.74, 6) is 0.765. The molecule has 3 rings (SSSR count). The molecular weight excluding hydrogens is 420 g/mol. The minimum absolute atomic E-state index is 0.0299. The standard InChI is InChI=1S/C22H25BrN2O3/c1-2-13-25(14-16-7-8-16)22(27)19-5-3-4-6-20(19)28-15-21(26)24-18-11-9-17(23)10-12-18/h3-6,9-12,16H,2,7-8,13-15H2,1H3,(H,24,26). The van der Waals surface area contributed by atoms with Gasteiger partial charge in [0.1, 0.15) is 5.75 Å². The fourth-order valence-electron chi connectivity index (χ4n) is 2.97. The van der Waals surface area contributed by atoms with Crippen LogP contribution in [0.15, 0.2) is 53.0 Å². The third kappa shape index (κ3) is 5.83. The number of hydrogen-bond donors (Lipinski definition) is 1. The molecule has 0 heterocycles. The molecule has 0 spiro atoms. The number of hydrogen-bond acceptors (Lipinski definition) is 3. The van der Waals surface area contributed by atoms with Crippen molar-refractivity contribution in [1.82, 2.24) is 4.90 Å².